The van der Waals surface area contributed by atoms with Crippen LogP contribution in [0, 0.1) is 0 Å². The maximum atomic E-state index is 12.3. The lowest BCUT2D eigenvalue weighted by Crippen LogP contribution is -2.07. The predicted molar refractivity (Wildman–Crippen MR) is 109 cm³/mol. The second-order valence-corrected chi connectivity index (χ2v) is 7.16. The molecule has 0 aliphatic carbocycles. The van der Waals surface area contributed by atoms with E-state index in [4.69, 9.17) is 21.4 Å². The summed E-state index contributed by atoms with van der Waals surface area (Å²) in [5.74, 6) is -1.44. The van der Waals surface area contributed by atoms with Crippen molar-refractivity contribution < 1.29 is 19.4 Å². The van der Waals surface area contributed by atoms with E-state index in [2.05, 4.69) is 6.92 Å². The van der Waals surface area contributed by atoms with Gasteiger partial charge in [0.05, 0.1) is 22.8 Å². The molecule has 0 amide bonds. The lowest BCUT2D eigenvalue weighted by molar-refractivity contribution is 0.0497. The van der Waals surface area contributed by atoms with Gasteiger partial charge in [-0.3, -0.25) is 0 Å². The molecule has 0 bridgehead atoms. The molecule has 2 aromatic rings. The van der Waals surface area contributed by atoms with E-state index in [1.54, 1.807) is 24.3 Å². The zero-order chi connectivity index (χ0) is 19.6. The van der Waals surface area contributed by atoms with Crippen molar-refractivity contribution in [1.82, 2.24) is 0 Å². The van der Waals surface area contributed by atoms with Gasteiger partial charge in [-0.15, -0.1) is 0 Å². The van der Waals surface area contributed by atoms with Gasteiger partial charge in [0, 0.05) is 5.39 Å². The fraction of sp³-hybridized carbons (Fsp3) is 0.455. The van der Waals surface area contributed by atoms with Gasteiger partial charge in [-0.25, -0.2) is 9.59 Å². The van der Waals surface area contributed by atoms with Crippen molar-refractivity contribution >= 4 is 34.3 Å². The summed E-state index contributed by atoms with van der Waals surface area (Å²) < 4.78 is 5.35. The quantitative estimate of drug-likeness (QED) is 0.352. The standard InChI is InChI=1S/C22H27ClO4/c1-2-3-4-5-6-7-8-9-14-27-22(26)19-13-10-16-15-17(21(24)25)11-12-18(16)20(19)23/h10-13,15H,2-9,14H2,1H3,(H,24,25). The van der Waals surface area contributed by atoms with E-state index >= 15 is 0 Å². The van der Waals surface area contributed by atoms with Crippen LogP contribution in [0.4, 0.5) is 0 Å². The summed E-state index contributed by atoms with van der Waals surface area (Å²) in [5, 5.41) is 10.7. The molecule has 0 unspecified atom stereocenters. The first kappa shape index (κ1) is 21.2. The second kappa shape index (κ2) is 10.9. The topological polar surface area (TPSA) is 63.6 Å². The molecule has 1 N–H and O–H groups in total. The maximum absolute atomic E-state index is 12.3. The number of esters is 1. The predicted octanol–water partition coefficient (Wildman–Crippen LogP) is 6.49. The van der Waals surface area contributed by atoms with E-state index in [1.165, 1.54) is 44.6 Å². The third kappa shape index (κ3) is 6.24. The van der Waals surface area contributed by atoms with Crippen molar-refractivity contribution in [1.29, 1.82) is 0 Å². The van der Waals surface area contributed by atoms with E-state index < -0.39 is 11.9 Å². The Balaban J connectivity index is 1.84. The van der Waals surface area contributed by atoms with Crippen LogP contribution >= 0.6 is 11.6 Å². The van der Waals surface area contributed by atoms with E-state index in [0.29, 0.717) is 28.0 Å². The van der Waals surface area contributed by atoms with Crippen LogP contribution in [-0.4, -0.2) is 23.7 Å². The number of rotatable bonds is 11. The van der Waals surface area contributed by atoms with Crippen molar-refractivity contribution in [2.24, 2.45) is 0 Å². The van der Waals surface area contributed by atoms with Crippen LogP contribution in [0.2, 0.25) is 5.02 Å². The Morgan fingerprint density at radius 2 is 1.63 bits per heavy atom. The SMILES string of the molecule is CCCCCCCCCCOC(=O)c1ccc2cc(C(=O)O)ccc2c1Cl. The third-order valence-electron chi connectivity index (χ3n) is 4.65. The van der Waals surface area contributed by atoms with Gasteiger partial charge < -0.3 is 9.84 Å². The van der Waals surface area contributed by atoms with E-state index in [1.807, 2.05) is 0 Å². The third-order valence-corrected chi connectivity index (χ3v) is 5.06. The van der Waals surface area contributed by atoms with Crippen molar-refractivity contribution in [3.05, 3.63) is 46.5 Å². The van der Waals surface area contributed by atoms with Gasteiger partial charge >= 0.3 is 11.9 Å². The first-order chi connectivity index (χ1) is 13.0. The molecule has 0 aliphatic rings. The summed E-state index contributed by atoms with van der Waals surface area (Å²) in [6.07, 6.45) is 9.47. The van der Waals surface area contributed by atoms with Crippen LogP contribution in [0.25, 0.3) is 10.8 Å². The fourth-order valence-electron chi connectivity index (χ4n) is 3.06. The minimum atomic E-state index is -0.998. The molecule has 0 aromatic heterocycles. The summed E-state index contributed by atoms with van der Waals surface area (Å²) in [6, 6.07) is 7.93. The summed E-state index contributed by atoms with van der Waals surface area (Å²) in [7, 11) is 0. The summed E-state index contributed by atoms with van der Waals surface area (Å²) >= 11 is 6.34. The largest absolute Gasteiger partial charge is 0.478 e. The number of unbranched alkanes of at least 4 members (excludes halogenated alkanes) is 7. The van der Waals surface area contributed by atoms with Gasteiger partial charge in [-0.2, -0.15) is 0 Å². The highest BCUT2D eigenvalue weighted by atomic mass is 35.5. The molecule has 2 aromatic carbocycles. The Morgan fingerprint density at radius 1 is 0.963 bits per heavy atom. The van der Waals surface area contributed by atoms with Crippen LogP contribution in [0.5, 0.6) is 0 Å². The highest BCUT2D eigenvalue weighted by Crippen LogP contribution is 2.29. The Bertz CT molecular complexity index is 785. The fourth-order valence-corrected chi connectivity index (χ4v) is 3.37. The number of benzene rings is 2. The maximum Gasteiger partial charge on any atom is 0.339 e. The number of ether oxygens (including phenoxy) is 1. The molecule has 0 heterocycles. The van der Waals surface area contributed by atoms with Crippen LogP contribution < -0.4 is 0 Å². The van der Waals surface area contributed by atoms with Crippen LogP contribution in [0.3, 0.4) is 0 Å². The first-order valence-electron chi connectivity index (χ1n) is 9.67. The number of hydrogen-bond acceptors (Lipinski definition) is 3. The molecule has 2 rings (SSSR count). The van der Waals surface area contributed by atoms with E-state index in [0.717, 1.165) is 12.8 Å². The highest BCUT2D eigenvalue weighted by Gasteiger charge is 2.15. The second-order valence-electron chi connectivity index (χ2n) is 6.78. The zero-order valence-electron chi connectivity index (χ0n) is 15.8. The number of fused-ring (bicyclic) bond motifs is 1. The van der Waals surface area contributed by atoms with Crippen LogP contribution in [0.15, 0.2) is 30.3 Å². The van der Waals surface area contributed by atoms with Gasteiger partial charge in [0.2, 0.25) is 0 Å². The molecular weight excluding hydrogens is 364 g/mol. The normalized spacial score (nSPS) is 10.9. The first-order valence-corrected chi connectivity index (χ1v) is 10.0. The number of carboxylic acid groups (broad SMARTS) is 1. The smallest absolute Gasteiger partial charge is 0.339 e. The lowest BCUT2D eigenvalue weighted by atomic mass is 10.0. The number of carbonyl (C=O) groups is 2. The Hall–Kier alpha value is -2.07. The Kier molecular flexibility index (Phi) is 8.59. The van der Waals surface area contributed by atoms with Gasteiger partial charge in [-0.1, -0.05) is 75.6 Å². The molecule has 0 fully saturated rings. The van der Waals surface area contributed by atoms with Gasteiger partial charge in [-0.05, 0) is 30.0 Å². The molecule has 0 spiro atoms. The van der Waals surface area contributed by atoms with E-state index in [9.17, 15) is 9.59 Å². The molecule has 27 heavy (non-hydrogen) atoms. The number of hydrogen-bond donors (Lipinski definition) is 1. The molecule has 4 nitrogen and oxygen atoms in total. The van der Waals surface area contributed by atoms with Gasteiger partial charge in [0.1, 0.15) is 0 Å². The number of carbonyl (C=O) groups excluding carboxylic acids is 1. The van der Waals surface area contributed by atoms with E-state index in [-0.39, 0.29) is 5.56 Å². The summed E-state index contributed by atoms with van der Waals surface area (Å²) in [6.45, 7) is 2.60. The summed E-state index contributed by atoms with van der Waals surface area (Å²) in [5.41, 5.74) is 0.496. The van der Waals surface area contributed by atoms with Crippen LogP contribution in [-0.2, 0) is 4.74 Å². The van der Waals surface area contributed by atoms with Crippen molar-refractivity contribution in [2.45, 2.75) is 58.3 Å². The van der Waals surface area contributed by atoms with Gasteiger partial charge in [0.15, 0.2) is 0 Å². The molecule has 0 saturated carbocycles. The molecule has 0 saturated heterocycles. The average Bonchev–Trinajstić information content (AvgIpc) is 2.66. The van der Waals surface area contributed by atoms with Crippen molar-refractivity contribution in [3.8, 4) is 0 Å². The average molecular weight is 391 g/mol. The van der Waals surface area contributed by atoms with Gasteiger partial charge in [0.25, 0.3) is 0 Å². The Labute approximate surface area is 165 Å². The molecule has 0 radical (unpaired) electrons. The minimum absolute atomic E-state index is 0.184. The lowest BCUT2D eigenvalue weighted by Gasteiger charge is -2.09. The summed E-state index contributed by atoms with van der Waals surface area (Å²) in [4.78, 5) is 23.3. The Morgan fingerprint density at radius 3 is 2.30 bits per heavy atom. The molecule has 146 valence electrons. The highest BCUT2D eigenvalue weighted by molar-refractivity contribution is 6.38. The molecule has 5 heteroatoms. The number of halogens is 1. The van der Waals surface area contributed by atoms with Crippen molar-refractivity contribution in [3.63, 3.8) is 0 Å². The number of carboxylic acids is 1. The van der Waals surface area contributed by atoms with Crippen molar-refractivity contribution in [2.75, 3.05) is 6.61 Å². The molecule has 0 atom stereocenters. The van der Waals surface area contributed by atoms with Crippen LogP contribution in [0.1, 0.15) is 79.0 Å². The number of aromatic carboxylic acids is 1. The monoisotopic (exact) mass is 390 g/mol. The minimum Gasteiger partial charge on any atom is -0.478 e. The molecular formula is C22H27ClO4. The zero-order valence-corrected chi connectivity index (χ0v) is 16.6. The molecule has 0 aliphatic heterocycles.